The van der Waals surface area contributed by atoms with Gasteiger partial charge in [0.2, 0.25) is 0 Å². The summed E-state index contributed by atoms with van der Waals surface area (Å²) >= 11 is 1.47. The smallest absolute Gasteiger partial charge is 0.337 e. The SMILES string of the molecule is COc1c(C)cnc(Cn2c(=O)cc(-c3ccc(C)cc3)n(-c3cc(C)cs3)c2=O)c1C. The summed E-state index contributed by atoms with van der Waals surface area (Å²) in [5, 5.41) is 2.76. The first kappa shape index (κ1) is 21.8. The Hall–Kier alpha value is -3.45. The van der Waals surface area contributed by atoms with Gasteiger partial charge in [0.15, 0.2) is 0 Å². The Bertz CT molecular complexity index is 1410. The van der Waals surface area contributed by atoms with Crippen LogP contribution in [0.1, 0.15) is 27.9 Å². The highest BCUT2D eigenvalue weighted by Gasteiger charge is 2.18. The van der Waals surface area contributed by atoms with Crippen molar-refractivity contribution in [2.24, 2.45) is 0 Å². The van der Waals surface area contributed by atoms with E-state index >= 15 is 0 Å². The van der Waals surface area contributed by atoms with Crippen LogP contribution in [-0.2, 0) is 6.54 Å². The molecule has 4 aromatic rings. The summed E-state index contributed by atoms with van der Waals surface area (Å²) in [5.41, 5.74) is 5.15. The minimum atomic E-state index is -0.393. The van der Waals surface area contributed by atoms with Crippen molar-refractivity contribution in [3.05, 3.63) is 96.8 Å². The fourth-order valence-corrected chi connectivity index (χ4v) is 4.70. The monoisotopic (exact) mass is 447 g/mol. The van der Waals surface area contributed by atoms with E-state index in [0.717, 1.165) is 32.8 Å². The molecular weight excluding hydrogens is 422 g/mol. The number of rotatable bonds is 5. The van der Waals surface area contributed by atoms with E-state index in [-0.39, 0.29) is 12.1 Å². The first-order valence-electron chi connectivity index (χ1n) is 10.3. The number of methoxy groups -OCH3 is 1. The molecule has 0 radical (unpaired) electrons. The third-order valence-corrected chi connectivity index (χ3v) is 6.56. The molecule has 32 heavy (non-hydrogen) atoms. The predicted octanol–water partition coefficient (Wildman–Crippen LogP) is 4.41. The zero-order valence-electron chi connectivity index (χ0n) is 18.8. The van der Waals surface area contributed by atoms with Crippen molar-refractivity contribution in [2.75, 3.05) is 7.11 Å². The Labute approximate surface area is 190 Å². The van der Waals surface area contributed by atoms with Crippen molar-refractivity contribution in [3.8, 4) is 22.0 Å². The molecule has 4 rings (SSSR count). The van der Waals surface area contributed by atoms with Crippen LogP contribution in [0.15, 0.2) is 57.6 Å². The largest absolute Gasteiger partial charge is 0.496 e. The molecule has 3 heterocycles. The molecule has 0 N–H and O–H groups in total. The average molecular weight is 448 g/mol. The molecule has 6 nitrogen and oxygen atoms in total. The van der Waals surface area contributed by atoms with Crippen LogP contribution in [0, 0.1) is 27.7 Å². The van der Waals surface area contributed by atoms with E-state index in [2.05, 4.69) is 4.98 Å². The molecule has 0 saturated carbocycles. The molecule has 3 aromatic heterocycles. The maximum absolute atomic E-state index is 13.7. The van der Waals surface area contributed by atoms with Crippen molar-refractivity contribution < 1.29 is 4.74 Å². The van der Waals surface area contributed by atoms with E-state index in [1.54, 1.807) is 17.9 Å². The minimum Gasteiger partial charge on any atom is -0.496 e. The predicted molar refractivity (Wildman–Crippen MR) is 128 cm³/mol. The first-order chi connectivity index (χ1) is 15.3. The van der Waals surface area contributed by atoms with Gasteiger partial charge in [-0.3, -0.25) is 18.9 Å². The summed E-state index contributed by atoms with van der Waals surface area (Å²) in [6, 6.07) is 11.3. The van der Waals surface area contributed by atoms with E-state index in [1.165, 1.54) is 22.0 Å². The highest BCUT2D eigenvalue weighted by atomic mass is 32.1. The van der Waals surface area contributed by atoms with Crippen molar-refractivity contribution in [1.82, 2.24) is 14.1 Å². The molecule has 0 aliphatic heterocycles. The van der Waals surface area contributed by atoms with Crippen molar-refractivity contribution in [3.63, 3.8) is 0 Å². The standard InChI is InChI=1S/C25H25N3O3S/c1-15-6-8-19(9-7-15)21-11-22(29)27(25(30)28(21)23-10-16(2)14-32-23)13-20-18(4)24(31-5)17(3)12-26-20/h6-12,14H,13H2,1-5H3. The van der Waals surface area contributed by atoms with Crippen molar-refractivity contribution in [2.45, 2.75) is 34.2 Å². The number of hydrogen-bond donors (Lipinski definition) is 0. The third-order valence-electron chi connectivity index (χ3n) is 5.53. The number of nitrogens with zero attached hydrogens (tertiary/aromatic N) is 3. The molecule has 7 heteroatoms. The number of thiophene rings is 1. The molecule has 1 aromatic carbocycles. The van der Waals surface area contributed by atoms with Gasteiger partial charge in [0.1, 0.15) is 10.8 Å². The third kappa shape index (κ3) is 3.91. The van der Waals surface area contributed by atoms with E-state index < -0.39 is 5.69 Å². The molecule has 0 spiro atoms. The van der Waals surface area contributed by atoms with Crippen molar-refractivity contribution >= 4 is 11.3 Å². The molecule has 0 saturated heterocycles. The Morgan fingerprint density at radius 2 is 1.72 bits per heavy atom. The Kier molecular flexibility index (Phi) is 5.84. The summed E-state index contributed by atoms with van der Waals surface area (Å²) in [7, 11) is 1.60. The molecule has 164 valence electrons. The minimum absolute atomic E-state index is 0.0681. The van der Waals surface area contributed by atoms with Crippen LogP contribution in [0.5, 0.6) is 5.75 Å². The number of hydrogen-bond acceptors (Lipinski definition) is 5. The summed E-state index contributed by atoms with van der Waals surface area (Å²) in [6.07, 6.45) is 1.70. The van der Waals surface area contributed by atoms with Gasteiger partial charge >= 0.3 is 5.69 Å². The second-order valence-corrected chi connectivity index (χ2v) is 8.84. The summed E-state index contributed by atoms with van der Waals surface area (Å²) in [4.78, 5) is 31.3. The lowest BCUT2D eigenvalue weighted by molar-refractivity contribution is 0.406. The number of aryl methyl sites for hydroxylation is 3. The van der Waals surface area contributed by atoms with Gasteiger partial charge < -0.3 is 4.74 Å². The number of benzene rings is 1. The maximum Gasteiger partial charge on any atom is 0.337 e. The lowest BCUT2D eigenvalue weighted by atomic mass is 10.1. The van der Waals surface area contributed by atoms with Gasteiger partial charge in [-0.05, 0) is 50.3 Å². The molecule has 0 aliphatic rings. The molecule has 0 bridgehead atoms. The topological polar surface area (TPSA) is 66.1 Å². The van der Waals surface area contributed by atoms with E-state index in [9.17, 15) is 9.59 Å². The van der Waals surface area contributed by atoms with Gasteiger partial charge in [-0.25, -0.2) is 4.79 Å². The Balaban J connectivity index is 1.94. The van der Waals surface area contributed by atoms with Crippen LogP contribution in [0.25, 0.3) is 16.3 Å². The normalized spacial score (nSPS) is 11.0. The van der Waals surface area contributed by atoms with Gasteiger partial charge in [-0.15, -0.1) is 11.3 Å². The van der Waals surface area contributed by atoms with Crippen molar-refractivity contribution in [1.29, 1.82) is 0 Å². The summed E-state index contributed by atoms with van der Waals surface area (Å²) in [6.45, 7) is 7.86. The molecule has 0 unspecified atom stereocenters. The van der Waals surface area contributed by atoms with E-state index in [0.29, 0.717) is 17.1 Å². The lowest BCUT2D eigenvalue weighted by Crippen LogP contribution is -2.40. The highest BCUT2D eigenvalue weighted by Crippen LogP contribution is 2.26. The summed E-state index contributed by atoms with van der Waals surface area (Å²) < 4.78 is 8.34. The second kappa shape index (κ2) is 8.59. The Morgan fingerprint density at radius 3 is 2.34 bits per heavy atom. The average Bonchev–Trinajstić information content (AvgIpc) is 3.18. The Morgan fingerprint density at radius 1 is 1.00 bits per heavy atom. The number of ether oxygens (including phenoxy) is 1. The molecule has 0 fully saturated rings. The molecule has 0 aliphatic carbocycles. The van der Waals surface area contributed by atoms with Crippen LogP contribution in [-0.4, -0.2) is 21.2 Å². The molecular formula is C25H25N3O3S. The van der Waals surface area contributed by atoms with E-state index in [4.69, 9.17) is 4.74 Å². The second-order valence-electron chi connectivity index (χ2n) is 7.95. The van der Waals surface area contributed by atoms with Crippen LogP contribution < -0.4 is 16.0 Å². The van der Waals surface area contributed by atoms with Gasteiger partial charge in [-0.2, -0.15) is 0 Å². The first-order valence-corrected chi connectivity index (χ1v) is 11.2. The molecule has 0 amide bonds. The van der Waals surface area contributed by atoms with Gasteiger partial charge in [-0.1, -0.05) is 29.8 Å². The van der Waals surface area contributed by atoms with Crippen LogP contribution in [0.3, 0.4) is 0 Å². The number of aromatic nitrogens is 3. The van der Waals surface area contributed by atoms with Gasteiger partial charge in [0.25, 0.3) is 5.56 Å². The molecule has 0 atom stereocenters. The number of pyridine rings is 1. The highest BCUT2D eigenvalue weighted by molar-refractivity contribution is 7.12. The van der Waals surface area contributed by atoms with E-state index in [1.807, 2.05) is 63.4 Å². The zero-order chi connectivity index (χ0) is 23.0. The maximum atomic E-state index is 13.7. The quantitative estimate of drug-likeness (QED) is 0.454. The fourth-order valence-electron chi connectivity index (χ4n) is 3.79. The van der Waals surface area contributed by atoms with Crippen LogP contribution >= 0.6 is 11.3 Å². The zero-order valence-corrected chi connectivity index (χ0v) is 19.6. The fraction of sp³-hybridized carbons (Fsp3) is 0.240. The van der Waals surface area contributed by atoms with Gasteiger partial charge in [0, 0.05) is 23.4 Å². The lowest BCUT2D eigenvalue weighted by Gasteiger charge is -2.16. The summed E-state index contributed by atoms with van der Waals surface area (Å²) in [5.74, 6) is 0.716. The van der Waals surface area contributed by atoms with Gasteiger partial charge in [0.05, 0.1) is 25.0 Å². The van der Waals surface area contributed by atoms with Crippen LogP contribution in [0.2, 0.25) is 0 Å². The van der Waals surface area contributed by atoms with Crippen LogP contribution in [0.4, 0.5) is 0 Å².